The van der Waals surface area contributed by atoms with Gasteiger partial charge in [0.1, 0.15) is 5.76 Å². The number of carbonyl (C=O) groups is 2. The fourth-order valence-corrected chi connectivity index (χ4v) is 5.01. The van der Waals surface area contributed by atoms with E-state index in [4.69, 9.17) is 0 Å². The zero-order valence-electron chi connectivity index (χ0n) is 19.3. The summed E-state index contributed by atoms with van der Waals surface area (Å²) in [7, 11) is 0. The number of aryl methyl sites for hydroxylation is 2. The van der Waals surface area contributed by atoms with Gasteiger partial charge in [-0.2, -0.15) is 13.2 Å². The number of Topliss-reactive ketones (excluding diaryl/α,β-unsaturated/α-hetero) is 1. The van der Waals surface area contributed by atoms with Crippen LogP contribution in [-0.4, -0.2) is 26.7 Å². The Bertz CT molecular complexity index is 1370. The first-order valence-electron chi connectivity index (χ1n) is 11.7. The number of halogens is 3. The Morgan fingerprint density at radius 2 is 1.69 bits per heavy atom. The zero-order chi connectivity index (χ0) is 25.4. The summed E-state index contributed by atoms with van der Waals surface area (Å²) in [6, 6.07) is 12.5. The van der Waals surface area contributed by atoms with Crippen LogP contribution in [0.3, 0.4) is 0 Å². The first kappa shape index (κ1) is 23.8. The summed E-state index contributed by atoms with van der Waals surface area (Å²) in [4.78, 5) is 31.6. The van der Waals surface area contributed by atoms with E-state index in [1.807, 2.05) is 12.1 Å². The zero-order valence-corrected chi connectivity index (χ0v) is 19.3. The maximum Gasteiger partial charge on any atom is 0.416 e. The molecule has 5 nitrogen and oxygen atoms in total. The average Bonchev–Trinajstić information content (AvgIpc) is 3.13. The third kappa shape index (κ3) is 4.39. The quantitative estimate of drug-likeness (QED) is 0.292. The highest BCUT2D eigenvalue weighted by atomic mass is 19.4. The van der Waals surface area contributed by atoms with Crippen LogP contribution in [0.1, 0.15) is 52.3 Å². The minimum atomic E-state index is -4.54. The van der Waals surface area contributed by atoms with Gasteiger partial charge >= 0.3 is 6.18 Å². The van der Waals surface area contributed by atoms with Gasteiger partial charge < -0.3 is 10.0 Å². The van der Waals surface area contributed by atoms with E-state index in [0.717, 1.165) is 43.4 Å². The van der Waals surface area contributed by atoms with Crippen LogP contribution in [0.15, 0.2) is 72.6 Å². The molecule has 36 heavy (non-hydrogen) atoms. The number of fused-ring (bicyclic) bond motifs is 1. The number of carbonyl (C=O) groups excluding carboxylic acids is 2. The Morgan fingerprint density at radius 1 is 0.972 bits per heavy atom. The van der Waals surface area contributed by atoms with Crippen LogP contribution in [0.25, 0.3) is 5.76 Å². The second-order valence-corrected chi connectivity index (χ2v) is 9.10. The number of nitrogens with zero attached hydrogens (tertiary/aromatic N) is 2. The molecule has 1 atom stereocenters. The Hall–Kier alpha value is -3.94. The number of likely N-dealkylation sites (tertiary alicyclic amines) is 1. The Morgan fingerprint density at radius 3 is 2.42 bits per heavy atom. The number of aromatic nitrogens is 1. The molecule has 2 aromatic carbocycles. The largest absolute Gasteiger partial charge is 0.507 e. The number of hydrogen-bond donors (Lipinski definition) is 1. The summed E-state index contributed by atoms with van der Waals surface area (Å²) in [5.41, 5.74) is 2.56. The maximum absolute atomic E-state index is 13.3. The van der Waals surface area contributed by atoms with Crippen molar-refractivity contribution in [3.8, 4) is 0 Å². The predicted molar refractivity (Wildman–Crippen MR) is 127 cm³/mol. The van der Waals surface area contributed by atoms with Crippen LogP contribution in [0, 0.1) is 0 Å². The first-order chi connectivity index (χ1) is 17.2. The summed E-state index contributed by atoms with van der Waals surface area (Å²) >= 11 is 0. The average molecular weight is 492 g/mol. The molecule has 2 aliphatic rings. The van der Waals surface area contributed by atoms with Crippen molar-refractivity contribution in [1.82, 2.24) is 9.88 Å². The summed E-state index contributed by atoms with van der Waals surface area (Å²) in [6.45, 7) is -0.234. The molecule has 0 bridgehead atoms. The molecule has 3 aromatic rings. The molecular formula is C28H23F3N2O3. The fraction of sp³-hybridized carbons (Fsp3) is 0.250. The van der Waals surface area contributed by atoms with E-state index >= 15 is 0 Å². The summed E-state index contributed by atoms with van der Waals surface area (Å²) in [6.07, 6.45) is 2.41. The molecule has 1 fully saturated rings. The van der Waals surface area contributed by atoms with E-state index in [9.17, 15) is 27.9 Å². The van der Waals surface area contributed by atoms with Gasteiger partial charge in [0.2, 0.25) is 0 Å². The van der Waals surface area contributed by atoms with E-state index in [-0.39, 0.29) is 23.4 Å². The second-order valence-electron chi connectivity index (χ2n) is 9.10. The van der Waals surface area contributed by atoms with Crippen LogP contribution < -0.4 is 0 Å². The van der Waals surface area contributed by atoms with E-state index in [1.165, 1.54) is 35.0 Å². The van der Waals surface area contributed by atoms with E-state index in [0.29, 0.717) is 11.1 Å². The second kappa shape index (κ2) is 9.26. The molecule has 1 aromatic heterocycles. The SMILES string of the molecule is O=C1C(=O)N(Cc2cccc(C(F)(F)F)c2)C(c2ccncc2)/C1=C(/O)c1ccc2c(c1)CCCC2. The number of amides is 1. The lowest BCUT2D eigenvalue weighted by atomic mass is 9.89. The Labute approximate surface area is 205 Å². The molecule has 1 unspecified atom stereocenters. The molecule has 1 N–H and O–H groups in total. The van der Waals surface area contributed by atoms with Crippen molar-refractivity contribution in [3.63, 3.8) is 0 Å². The van der Waals surface area contributed by atoms with Crippen molar-refractivity contribution < 1.29 is 27.9 Å². The van der Waals surface area contributed by atoms with Crippen LogP contribution in [-0.2, 0) is 35.2 Å². The third-order valence-corrected chi connectivity index (χ3v) is 6.79. The normalized spacial score (nSPS) is 19.4. The number of ketones is 1. The molecule has 0 saturated carbocycles. The highest BCUT2D eigenvalue weighted by molar-refractivity contribution is 6.46. The monoisotopic (exact) mass is 492 g/mol. The number of aliphatic hydroxyl groups excluding tert-OH is 1. The molecule has 1 aliphatic heterocycles. The van der Waals surface area contributed by atoms with Crippen LogP contribution in [0.4, 0.5) is 13.2 Å². The highest BCUT2D eigenvalue weighted by Gasteiger charge is 2.46. The van der Waals surface area contributed by atoms with Crippen LogP contribution in [0.2, 0.25) is 0 Å². The number of hydrogen-bond acceptors (Lipinski definition) is 4. The standard InChI is InChI=1S/C28H23F3N2O3/c29-28(30,31)22-7-3-4-17(14-22)16-33-24(19-10-12-32-13-11-19)23(26(35)27(33)36)25(34)21-9-8-18-5-1-2-6-20(18)15-21/h3-4,7-15,24,34H,1-2,5-6,16H2/b25-23-. The summed E-state index contributed by atoms with van der Waals surface area (Å²) < 4.78 is 39.8. The summed E-state index contributed by atoms with van der Waals surface area (Å²) in [5, 5.41) is 11.3. The fourth-order valence-electron chi connectivity index (χ4n) is 5.01. The smallest absolute Gasteiger partial charge is 0.416 e. The number of aliphatic hydroxyl groups is 1. The predicted octanol–water partition coefficient (Wildman–Crippen LogP) is 5.60. The van der Waals surface area contributed by atoms with Crippen molar-refractivity contribution in [1.29, 1.82) is 0 Å². The van der Waals surface area contributed by atoms with E-state index in [2.05, 4.69) is 4.98 Å². The third-order valence-electron chi connectivity index (χ3n) is 6.79. The molecule has 5 rings (SSSR count). The van der Waals surface area contributed by atoms with Crippen LogP contribution in [0.5, 0.6) is 0 Å². The van der Waals surface area contributed by atoms with Crippen LogP contribution >= 0.6 is 0 Å². The molecule has 184 valence electrons. The van der Waals surface area contributed by atoms with E-state index in [1.54, 1.807) is 18.2 Å². The van der Waals surface area contributed by atoms with Gasteiger partial charge in [0, 0.05) is 24.5 Å². The molecule has 0 spiro atoms. The van der Waals surface area contributed by atoms with Gasteiger partial charge in [-0.05, 0) is 78.3 Å². The van der Waals surface area contributed by atoms with Gasteiger partial charge in [-0.15, -0.1) is 0 Å². The molecule has 1 aliphatic carbocycles. The number of benzene rings is 2. The maximum atomic E-state index is 13.3. The molecule has 2 heterocycles. The lowest BCUT2D eigenvalue weighted by Crippen LogP contribution is -2.29. The van der Waals surface area contributed by atoms with Crippen molar-refractivity contribution in [2.45, 2.75) is 44.4 Å². The van der Waals surface area contributed by atoms with Gasteiger partial charge in [-0.3, -0.25) is 14.6 Å². The summed E-state index contributed by atoms with van der Waals surface area (Å²) in [5.74, 6) is -2.05. The van der Waals surface area contributed by atoms with Gasteiger partial charge in [-0.1, -0.05) is 24.3 Å². The number of rotatable bonds is 4. The molecule has 1 amide bonds. The minimum Gasteiger partial charge on any atom is -0.507 e. The van der Waals surface area contributed by atoms with Crippen molar-refractivity contribution in [2.75, 3.05) is 0 Å². The van der Waals surface area contributed by atoms with Gasteiger partial charge in [0.25, 0.3) is 11.7 Å². The van der Waals surface area contributed by atoms with Crippen molar-refractivity contribution >= 4 is 17.4 Å². The molecular weight excluding hydrogens is 469 g/mol. The first-order valence-corrected chi connectivity index (χ1v) is 11.7. The topological polar surface area (TPSA) is 70.5 Å². The number of pyridine rings is 1. The van der Waals surface area contributed by atoms with Gasteiger partial charge in [-0.25, -0.2) is 0 Å². The van der Waals surface area contributed by atoms with Crippen molar-refractivity contribution in [3.05, 3.63) is 106 Å². The lowest BCUT2D eigenvalue weighted by molar-refractivity contribution is -0.140. The van der Waals surface area contributed by atoms with E-state index < -0.39 is 29.5 Å². The molecule has 8 heteroatoms. The van der Waals surface area contributed by atoms with Crippen molar-refractivity contribution in [2.24, 2.45) is 0 Å². The minimum absolute atomic E-state index is 0.0889. The van der Waals surface area contributed by atoms with Gasteiger partial charge in [0.15, 0.2) is 0 Å². The molecule has 0 radical (unpaired) electrons. The highest BCUT2D eigenvalue weighted by Crippen LogP contribution is 2.41. The molecule has 1 saturated heterocycles. The number of alkyl halides is 3. The van der Waals surface area contributed by atoms with Gasteiger partial charge in [0.05, 0.1) is 17.2 Å². The Balaban J connectivity index is 1.60. The lowest BCUT2D eigenvalue weighted by Gasteiger charge is -2.25. The Kier molecular flexibility index (Phi) is 6.12.